The second kappa shape index (κ2) is 3.17. The molecular formula is C11H13NO2. The van der Waals surface area contributed by atoms with Gasteiger partial charge in [0.1, 0.15) is 13.2 Å². The summed E-state index contributed by atoms with van der Waals surface area (Å²) in [6.45, 7) is 3.33. The molecule has 3 nitrogen and oxygen atoms in total. The molecule has 2 heterocycles. The minimum Gasteiger partial charge on any atom is -0.486 e. The molecule has 3 heteroatoms. The molecule has 0 saturated carbocycles. The van der Waals surface area contributed by atoms with Crippen molar-refractivity contribution in [1.29, 1.82) is 0 Å². The van der Waals surface area contributed by atoms with Crippen LogP contribution in [0.1, 0.15) is 11.1 Å². The fourth-order valence-corrected chi connectivity index (χ4v) is 2.09. The Hall–Kier alpha value is -1.22. The molecule has 0 radical (unpaired) electrons. The minimum atomic E-state index is 0.671. The Balaban J connectivity index is 2.12. The van der Waals surface area contributed by atoms with E-state index in [1.54, 1.807) is 0 Å². The van der Waals surface area contributed by atoms with Gasteiger partial charge in [-0.1, -0.05) is 6.07 Å². The van der Waals surface area contributed by atoms with E-state index in [1.807, 2.05) is 6.07 Å². The zero-order valence-corrected chi connectivity index (χ0v) is 8.01. The lowest BCUT2D eigenvalue weighted by atomic mass is 9.99. The van der Waals surface area contributed by atoms with Gasteiger partial charge in [-0.3, -0.25) is 0 Å². The number of rotatable bonds is 0. The molecule has 2 aliphatic heterocycles. The third kappa shape index (κ3) is 1.16. The normalized spacial score (nSPS) is 18.9. The van der Waals surface area contributed by atoms with Gasteiger partial charge < -0.3 is 14.8 Å². The second-order valence-corrected chi connectivity index (χ2v) is 3.65. The summed E-state index contributed by atoms with van der Waals surface area (Å²) < 4.78 is 11.2. The molecule has 74 valence electrons. The van der Waals surface area contributed by atoms with Crippen LogP contribution in [0.4, 0.5) is 0 Å². The van der Waals surface area contributed by atoms with Crippen molar-refractivity contribution in [2.75, 3.05) is 19.8 Å². The molecule has 1 aromatic rings. The van der Waals surface area contributed by atoms with E-state index in [4.69, 9.17) is 9.47 Å². The third-order valence-corrected chi connectivity index (χ3v) is 2.78. The second-order valence-electron chi connectivity index (χ2n) is 3.65. The van der Waals surface area contributed by atoms with Gasteiger partial charge in [-0.15, -0.1) is 0 Å². The molecule has 0 unspecified atom stereocenters. The molecule has 3 rings (SSSR count). The summed E-state index contributed by atoms with van der Waals surface area (Å²) in [5.41, 5.74) is 2.68. The largest absolute Gasteiger partial charge is 0.486 e. The first-order valence-electron chi connectivity index (χ1n) is 5.06. The number of benzene rings is 1. The summed E-state index contributed by atoms with van der Waals surface area (Å²) in [7, 11) is 0. The van der Waals surface area contributed by atoms with Crippen LogP contribution in [0.2, 0.25) is 0 Å². The van der Waals surface area contributed by atoms with Gasteiger partial charge in [0.15, 0.2) is 11.5 Å². The Kier molecular flexibility index (Phi) is 1.84. The number of hydrogen-bond donors (Lipinski definition) is 1. The van der Waals surface area contributed by atoms with Crippen molar-refractivity contribution >= 4 is 0 Å². The SMILES string of the molecule is c1cc2c(c3c1CNCC3)OCCO2. The highest BCUT2D eigenvalue weighted by atomic mass is 16.6. The van der Waals surface area contributed by atoms with Crippen molar-refractivity contribution in [1.82, 2.24) is 5.32 Å². The first kappa shape index (κ1) is 8.12. The molecule has 0 fully saturated rings. The van der Waals surface area contributed by atoms with Crippen LogP contribution in [0.5, 0.6) is 11.5 Å². The van der Waals surface area contributed by atoms with Crippen molar-refractivity contribution in [2.24, 2.45) is 0 Å². The van der Waals surface area contributed by atoms with Crippen molar-refractivity contribution < 1.29 is 9.47 Å². The predicted molar refractivity (Wildman–Crippen MR) is 52.8 cm³/mol. The summed E-state index contributed by atoms with van der Waals surface area (Å²) >= 11 is 0. The zero-order chi connectivity index (χ0) is 9.38. The topological polar surface area (TPSA) is 30.5 Å². The first-order chi connectivity index (χ1) is 6.95. The maximum absolute atomic E-state index is 5.67. The Morgan fingerprint density at radius 3 is 3.07 bits per heavy atom. The number of ether oxygens (including phenoxy) is 2. The highest BCUT2D eigenvalue weighted by Crippen LogP contribution is 2.36. The maximum Gasteiger partial charge on any atom is 0.164 e. The molecule has 14 heavy (non-hydrogen) atoms. The minimum absolute atomic E-state index is 0.671. The molecule has 0 aliphatic carbocycles. The lowest BCUT2D eigenvalue weighted by molar-refractivity contribution is 0.169. The van der Waals surface area contributed by atoms with Gasteiger partial charge in [0.25, 0.3) is 0 Å². The number of fused-ring (bicyclic) bond motifs is 3. The third-order valence-electron chi connectivity index (χ3n) is 2.78. The Morgan fingerprint density at radius 2 is 2.07 bits per heavy atom. The van der Waals surface area contributed by atoms with Crippen LogP contribution in [-0.4, -0.2) is 19.8 Å². The molecule has 1 aromatic carbocycles. The molecule has 0 bridgehead atoms. The van der Waals surface area contributed by atoms with Gasteiger partial charge in [0.05, 0.1) is 0 Å². The van der Waals surface area contributed by atoms with Gasteiger partial charge in [0, 0.05) is 12.1 Å². The Morgan fingerprint density at radius 1 is 1.14 bits per heavy atom. The zero-order valence-electron chi connectivity index (χ0n) is 8.01. The Bertz CT molecular complexity index is 328. The van der Waals surface area contributed by atoms with Gasteiger partial charge in [0.2, 0.25) is 0 Å². The highest BCUT2D eigenvalue weighted by molar-refractivity contribution is 5.52. The molecule has 0 amide bonds. The van der Waals surface area contributed by atoms with E-state index in [-0.39, 0.29) is 0 Å². The molecule has 0 spiro atoms. The molecule has 0 atom stereocenters. The molecule has 0 aromatic heterocycles. The standard InChI is InChI=1S/C11H13NO2/c1-2-10-11(14-6-5-13-10)9-3-4-12-7-8(1)9/h1-2,12H,3-7H2. The summed E-state index contributed by atoms with van der Waals surface area (Å²) in [6, 6.07) is 4.15. The van der Waals surface area contributed by atoms with E-state index in [1.165, 1.54) is 11.1 Å². The summed E-state index contributed by atoms with van der Waals surface area (Å²) in [4.78, 5) is 0. The van der Waals surface area contributed by atoms with E-state index >= 15 is 0 Å². The maximum atomic E-state index is 5.67. The van der Waals surface area contributed by atoms with E-state index in [2.05, 4.69) is 11.4 Å². The summed E-state index contributed by atoms with van der Waals surface area (Å²) in [5.74, 6) is 1.90. The first-order valence-corrected chi connectivity index (χ1v) is 5.06. The van der Waals surface area contributed by atoms with Gasteiger partial charge in [-0.05, 0) is 24.6 Å². The number of hydrogen-bond acceptors (Lipinski definition) is 3. The van der Waals surface area contributed by atoms with Crippen LogP contribution in [0.25, 0.3) is 0 Å². The molecule has 0 saturated heterocycles. The van der Waals surface area contributed by atoms with Crippen molar-refractivity contribution in [3.63, 3.8) is 0 Å². The van der Waals surface area contributed by atoms with E-state index in [9.17, 15) is 0 Å². The van der Waals surface area contributed by atoms with Crippen molar-refractivity contribution in [3.05, 3.63) is 23.3 Å². The summed E-state index contributed by atoms with van der Waals surface area (Å²) in [6.07, 6.45) is 1.04. The number of nitrogens with one attached hydrogen (secondary N) is 1. The smallest absolute Gasteiger partial charge is 0.164 e. The molecule has 2 aliphatic rings. The van der Waals surface area contributed by atoms with Gasteiger partial charge in [-0.25, -0.2) is 0 Å². The molecule has 1 N–H and O–H groups in total. The van der Waals surface area contributed by atoms with Gasteiger partial charge in [-0.2, -0.15) is 0 Å². The quantitative estimate of drug-likeness (QED) is 0.666. The predicted octanol–water partition coefficient (Wildman–Crippen LogP) is 1.10. The van der Waals surface area contributed by atoms with Crippen LogP contribution in [0, 0.1) is 0 Å². The van der Waals surface area contributed by atoms with E-state index < -0.39 is 0 Å². The fraction of sp³-hybridized carbons (Fsp3) is 0.455. The summed E-state index contributed by atoms with van der Waals surface area (Å²) in [5, 5.41) is 3.35. The lowest BCUT2D eigenvalue weighted by Gasteiger charge is -2.25. The van der Waals surface area contributed by atoms with Crippen molar-refractivity contribution in [3.8, 4) is 11.5 Å². The van der Waals surface area contributed by atoms with Crippen LogP contribution in [-0.2, 0) is 13.0 Å². The molecular weight excluding hydrogens is 178 g/mol. The highest BCUT2D eigenvalue weighted by Gasteiger charge is 2.20. The van der Waals surface area contributed by atoms with Crippen LogP contribution in [0.3, 0.4) is 0 Å². The average molecular weight is 191 g/mol. The van der Waals surface area contributed by atoms with Crippen LogP contribution in [0.15, 0.2) is 12.1 Å². The van der Waals surface area contributed by atoms with E-state index in [0.717, 1.165) is 31.0 Å². The van der Waals surface area contributed by atoms with Crippen LogP contribution >= 0.6 is 0 Å². The van der Waals surface area contributed by atoms with E-state index in [0.29, 0.717) is 13.2 Å². The monoisotopic (exact) mass is 191 g/mol. The van der Waals surface area contributed by atoms with Crippen LogP contribution < -0.4 is 14.8 Å². The van der Waals surface area contributed by atoms with Crippen molar-refractivity contribution in [2.45, 2.75) is 13.0 Å². The average Bonchev–Trinajstić information content (AvgIpc) is 2.29. The van der Waals surface area contributed by atoms with Gasteiger partial charge >= 0.3 is 0 Å². The fourth-order valence-electron chi connectivity index (χ4n) is 2.09. The lowest BCUT2D eigenvalue weighted by Crippen LogP contribution is -2.26. The Labute approximate surface area is 83.0 Å².